The van der Waals surface area contributed by atoms with Crippen molar-refractivity contribution in [2.45, 2.75) is 20.4 Å². The van der Waals surface area contributed by atoms with Crippen LogP contribution in [0, 0.1) is 19.7 Å². The molecule has 27 heavy (non-hydrogen) atoms. The Labute approximate surface area is 177 Å². The Morgan fingerprint density at radius 1 is 1.15 bits per heavy atom. The molecule has 1 aromatic carbocycles. The van der Waals surface area contributed by atoms with Gasteiger partial charge in [0.05, 0.1) is 5.69 Å². The minimum absolute atomic E-state index is 0. The molecule has 0 radical (unpaired) electrons. The highest BCUT2D eigenvalue weighted by atomic mass is 127. The number of guanidine groups is 1. The molecule has 1 aliphatic rings. The predicted molar refractivity (Wildman–Crippen MR) is 118 cm³/mol. The van der Waals surface area contributed by atoms with E-state index in [9.17, 15) is 4.39 Å². The van der Waals surface area contributed by atoms with Gasteiger partial charge in [-0.15, -0.1) is 24.0 Å². The van der Waals surface area contributed by atoms with E-state index in [-0.39, 0.29) is 29.8 Å². The van der Waals surface area contributed by atoms with Crippen LogP contribution < -0.4 is 10.2 Å². The smallest absolute Gasteiger partial charge is 0.194 e. The third-order valence-corrected chi connectivity index (χ3v) is 5.06. The van der Waals surface area contributed by atoms with Gasteiger partial charge in [-0.3, -0.25) is 9.67 Å². The molecule has 3 rings (SSSR count). The predicted octanol–water partition coefficient (Wildman–Crippen LogP) is 2.69. The minimum atomic E-state index is -0.196. The van der Waals surface area contributed by atoms with Gasteiger partial charge in [-0.2, -0.15) is 5.10 Å². The number of benzene rings is 1. The van der Waals surface area contributed by atoms with E-state index in [1.807, 2.05) is 37.8 Å². The lowest BCUT2D eigenvalue weighted by Gasteiger charge is -2.37. The number of hydrogen-bond acceptors (Lipinski definition) is 3. The Morgan fingerprint density at radius 2 is 1.78 bits per heavy atom. The van der Waals surface area contributed by atoms with E-state index in [1.165, 1.54) is 23.4 Å². The fourth-order valence-corrected chi connectivity index (χ4v) is 3.40. The highest BCUT2D eigenvalue weighted by Gasteiger charge is 2.20. The van der Waals surface area contributed by atoms with Crippen LogP contribution in [-0.2, 0) is 13.6 Å². The molecular weight excluding hydrogens is 458 g/mol. The molecule has 1 saturated heterocycles. The van der Waals surface area contributed by atoms with Crippen molar-refractivity contribution in [3.63, 3.8) is 0 Å². The lowest BCUT2D eigenvalue weighted by atomic mass is 10.2. The van der Waals surface area contributed by atoms with Gasteiger partial charge in [-0.25, -0.2) is 4.39 Å². The van der Waals surface area contributed by atoms with Crippen LogP contribution in [0.1, 0.15) is 17.0 Å². The summed E-state index contributed by atoms with van der Waals surface area (Å²) >= 11 is 0. The molecule has 0 unspecified atom stereocenters. The molecule has 1 aliphatic heterocycles. The van der Waals surface area contributed by atoms with Crippen molar-refractivity contribution in [1.82, 2.24) is 20.0 Å². The maximum Gasteiger partial charge on any atom is 0.194 e. The summed E-state index contributed by atoms with van der Waals surface area (Å²) in [6.07, 6.45) is 0. The first-order chi connectivity index (χ1) is 12.5. The van der Waals surface area contributed by atoms with Crippen molar-refractivity contribution in [2.24, 2.45) is 12.0 Å². The van der Waals surface area contributed by atoms with Crippen LogP contribution in [0.5, 0.6) is 0 Å². The average Bonchev–Trinajstić information content (AvgIpc) is 2.89. The zero-order chi connectivity index (χ0) is 18.7. The zero-order valence-corrected chi connectivity index (χ0v) is 18.7. The monoisotopic (exact) mass is 486 g/mol. The van der Waals surface area contributed by atoms with Crippen LogP contribution in [0.2, 0.25) is 0 Å². The molecule has 6 nitrogen and oxygen atoms in total. The molecule has 148 valence electrons. The van der Waals surface area contributed by atoms with Crippen molar-refractivity contribution in [2.75, 3.05) is 38.1 Å². The molecule has 0 atom stereocenters. The molecule has 8 heteroatoms. The maximum atomic E-state index is 13.1. The second-order valence-corrected chi connectivity index (χ2v) is 6.62. The van der Waals surface area contributed by atoms with E-state index in [0.717, 1.165) is 50.1 Å². The van der Waals surface area contributed by atoms with Crippen LogP contribution in [0.25, 0.3) is 0 Å². The van der Waals surface area contributed by atoms with Crippen molar-refractivity contribution >= 4 is 35.6 Å². The van der Waals surface area contributed by atoms with Crippen LogP contribution in [-0.4, -0.2) is 53.9 Å². The minimum Gasteiger partial charge on any atom is -0.368 e. The van der Waals surface area contributed by atoms with Gasteiger partial charge in [0.2, 0.25) is 0 Å². The summed E-state index contributed by atoms with van der Waals surface area (Å²) < 4.78 is 15.0. The second kappa shape index (κ2) is 9.38. The number of nitrogens with zero attached hydrogens (tertiary/aromatic N) is 5. The number of aromatic nitrogens is 2. The SMILES string of the molecule is CN=C(NCc1c(C)nn(C)c1C)N1CCN(c2ccc(F)cc2)CC1.I. The van der Waals surface area contributed by atoms with Gasteiger partial charge in [0, 0.05) is 63.8 Å². The fourth-order valence-electron chi connectivity index (χ4n) is 3.40. The number of piperazine rings is 1. The van der Waals surface area contributed by atoms with E-state index in [0.29, 0.717) is 0 Å². The molecule has 0 bridgehead atoms. The summed E-state index contributed by atoms with van der Waals surface area (Å²) in [6.45, 7) is 8.37. The summed E-state index contributed by atoms with van der Waals surface area (Å²) in [6, 6.07) is 6.71. The number of hydrogen-bond donors (Lipinski definition) is 1. The summed E-state index contributed by atoms with van der Waals surface area (Å²) in [5, 5.41) is 7.93. The summed E-state index contributed by atoms with van der Waals surface area (Å²) in [5.74, 6) is 0.712. The van der Waals surface area contributed by atoms with E-state index >= 15 is 0 Å². The Morgan fingerprint density at radius 3 is 2.30 bits per heavy atom. The number of halogens is 2. The first-order valence-electron chi connectivity index (χ1n) is 8.94. The maximum absolute atomic E-state index is 13.1. The van der Waals surface area contributed by atoms with Crippen molar-refractivity contribution < 1.29 is 4.39 Å². The molecular formula is C19H28FIN6. The summed E-state index contributed by atoms with van der Waals surface area (Å²) in [7, 11) is 3.78. The summed E-state index contributed by atoms with van der Waals surface area (Å²) in [5.41, 5.74) is 4.51. The van der Waals surface area contributed by atoms with Gasteiger partial charge >= 0.3 is 0 Å². The van der Waals surface area contributed by atoms with Crippen LogP contribution >= 0.6 is 24.0 Å². The number of anilines is 1. The van der Waals surface area contributed by atoms with Crippen molar-refractivity contribution in [3.05, 3.63) is 47.0 Å². The molecule has 0 spiro atoms. The second-order valence-electron chi connectivity index (χ2n) is 6.62. The normalized spacial score (nSPS) is 14.9. The van der Waals surface area contributed by atoms with Crippen molar-refractivity contribution in [1.29, 1.82) is 0 Å². The lowest BCUT2D eigenvalue weighted by molar-refractivity contribution is 0.372. The highest BCUT2D eigenvalue weighted by Crippen LogP contribution is 2.17. The average molecular weight is 486 g/mol. The first-order valence-corrected chi connectivity index (χ1v) is 8.94. The fraction of sp³-hybridized carbons (Fsp3) is 0.474. The van der Waals surface area contributed by atoms with Crippen molar-refractivity contribution in [3.8, 4) is 0 Å². The quantitative estimate of drug-likeness (QED) is 0.412. The number of nitrogens with one attached hydrogen (secondary N) is 1. The van der Waals surface area contributed by atoms with Gasteiger partial charge in [0.15, 0.2) is 5.96 Å². The number of aliphatic imine (C=N–C) groups is 1. The molecule has 1 fully saturated rings. The van der Waals surface area contributed by atoms with Gasteiger partial charge in [0.1, 0.15) is 5.82 Å². The molecule has 2 aromatic rings. The number of rotatable bonds is 3. The number of aryl methyl sites for hydroxylation is 2. The Hall–Kier alpha value is -1.84. The topological polar surface area (TPSA) is 48.7 Å². The molecule has 2 heterocycles. The Bertz CT molecular complexity index is 778. The third-order valence-electron chi connectivity index (χ3n) is 5.06. The molecule has 1 aromatic heterocycles. The van der Waals surface area contributed by atoms with Gasteiger partial charge in [0.25, 0.3) is 0 Å². The lowest BCUT2D eigenvalue weighted by Crippen LogP contribution is -2.52. The molecule has 0 saturated carbocycles. The third kappa shape index (κ3) is 4.91. The Kier molecular flexibility index (Phi) is 7.46. The van der Waals surface area contributed by atoms with E-state index in [2.05, 4.69) is 32.1 Å². The zero-order valence-electron chi connectivity index (χ0n) is 16.4. The Balaban J connectivity index is 0.00000261. The summed E-state index contributed by atoms with van der Waals surface area (Å²) in [4.78, 5) is 8.98. The van der Waals surface area contributed by atoms with Crippen LogP contribution in [0.3, 0.4) is 0 Å². The van der Waals surface area contributed by atoms with Crippen LogP contribution in [0.4, 0.5) is 10.1 Å². The molecule has 1 N–H and O–H groups in total. The highest BCUT2D eigenvalue weighted by molar-refractivity contribution is 14.0. The van der Waals surface area contributed by atoms with E-state index < -0.39 is 0 Å². The molecule has 0 amide bonds. The van der Waals surface area contributed by atoms with Gasteiger partial charge in [-0.1, -0.05) is 0 Å². The molecule has 0 aliphatic carbocycles. The van der Waals surface area contributed by atoms with Gasteiger partial charge in [-0.05, 0) is 38.1 Å². The van der Waals surface area contributed by atoms with Crippen LogP contribution in [0.15, 0.2) is 29.3 Å². The van der Waals surface area contributed by atoms with E-state index in [4.69, 9.17) is 0 Å². The standard InChI is InChI=1S/C19H27FN6.HI/c1-14-18(15(2)24(4)23-14)13-22-19(21-3)26-11-9-25(10-12-26)17-7-5-16(20)6-8-17;/h5-8H,9-13H2,1-4H3,(H,21,22);1H. The van der Waals surface area contributed by atoms with E-state index in [1.54, 1.807) is 0 Å². The first kappa shape index (κ1) is 21.5. The van der Waals surface area contributed by atoms with Gasteiger partial charge < -0.3 is 15.1 Å². The largest absolute Gasteiger partial charge is 0.368 e.